The molecule has 0 aliphatic carbocycles. The number of ether oxygens (including phenoxy) is 1. The van der Waals surface area contributed by atoms with Crippen LogP contribution in [0.1, 0.15) is 25.3 Å². The molecule has 2 fully saturated rings. The molecule has 1 aromatic heterocycles. The summed E-state index contributed by atoms with van der Waals surface area (Å²) in [5, 5.41) is 1.08. The summed E-state index contributed by atoms with van der Waals surface area (Å²) < 4.78 is 33.7. The van der Waals surface area contributed by atoms with Crippen molar-refractivity contribution in [2.24, 2.45) is 0 Å². The third kappa shape index (κ3) is 4.75. The summed E-state index contributed by atoms with van der Waals surface area (Å²) in [6.45, 7) is 7.07. The third-order valence-electron chi connectivity index (χ3n) is 7.24. The molecule has 1 N–H and O–H groups in total. The zero-order valence-electron chi connectivity index (χ0n) is 21.2. The lowest BCUT2D eigenvalue weighted by atomic mass is 10.1. The number of nitrogens with zero attached hydrogens (tertiary/aromatic N) is 3. The van der Waals surface area contributed by atoms with E-state index in [0.717, 1.165) is 63.6 Å². The molecule has 9 heteroatoms. The van der Waals surface area contributed by atoms with E-state index in [1.807, 2.05) is 13.0 Å². The van der Waals surface area contributed by atoms with E-state index in [4.69, 9.17) is 4.74 Å². The normalized spacial score (nSPS) is 18.9. The number of likely N-dealkylation sites (N-methyl/N-ethyl adjacent to an activating group) is 1. The Labute approximate surface area is 212 Å². The van der Waals surface area contributed by atoms with Crippen molar-refractivity contribution in [3.05, 3.63) is 48.0 Å². The number of aryl methyl sites for hydroxylation is 1. The van der Waals surface area contributed by atoms with E-state index < -0.39 is 10.0 Å². The van der Waals surface area contributed by atoms with Crippen LogP contribution < -0.4 is 4.90 Å². The summed E-state index contributed by atoms with van der Waals surface area (Å²) in [5.74, 6) is -0.211. The van der Waals surface area contributed by atoms with Gasteiger partial charge in [-0.1, -0.05) is 12.1 Å². The summed E-state index contributed by atoms with van der Waals surface area (Å²) in [6.07, 6.45) is 2.24. The van der Waals surface area contributed by atoms with Gasteiger partial charge in [-0.2, -0.15) is 4.31 Å². The molecule has 5 rings (SSSR count). The first-order chi connectivity index (χ1) is 17.2. The number of amides is 1. The highest BCUT2D eigenvalue weighted by molar-refractivity contribution is 7.89. The Hall–Kier alpha value is -2.88. The maximum absolute atomic E-state index is 13.6. The van der Waals surface area contributed by atoms with E-state index in [1.165, 1.54) is 7.05 Å². The van der Waals surface area contributed by atoms with Crippen LogP contribution in [0, 0.1) is 6.92 Å². The van der Waals surface area contributed by atoms with Crippen molar-refractivity contribution in [3.63, 3.8) is 0 Å². The van der Waals surface area contributed by atoms with E-state index >= 15 is 0 Å². The number of benzene rings is 2. The van der Waals surface area contributed by atoms with Gasteiger partial charge < -0.3 is 19.5 Å². The molecule has 0 unspecified atom stereocenters. The van der Waals surface area contributed by atoms with Gasteiger partial charge in [0.15, 0.2) is 0 Å². The second kappa shape index (κ2) is 9.88. The van der Waals surface area contributed by atoms with Crippen LogP contribution in [0.2, 0.25) is 0 Å². The van der Waals surface area contributed by atoms with Crippen molar-refractivity contribution in [2.45, 2.75) is 37.6 Å². The number of aromatic nitrogens is 1. The zero-order chi connectivity index (χ0) is 25.4. The lowest BCUT2D eigenvalue weighted by Gasteiger charge is -2.34. The fraction of sp³-hybridized carbons (Fsp3) is 0.444. The first-order valence-corrected chi connectivity index (χ1v) is 14.0. The van der Waals surface area contributed by atoms with Crippen LogP contribution in [0.25, 0.3) is 22.2 Å². The number of anilines is 1. The summed E-state index contributed by atoms with van der Waals surface area (Å²) in [7, 11) is -2.41. The van der Waals surface area contributed by atoms with Gasteiger partial charge in [-0.3, -0.25) is 4.79 Å². The minimum atomic E-state index is -3.88. The third-order valence-corrected chi connectivity index (χ3v) is 9.04. The standard InChI is InChI=1S/C27H34N4O4S/c1-19-6-7-21-15-25(28-24(21)14-19)23-16-22(8-9-26(23)30-10-4-5-11-30)36(33,34)29(3)17-27(32)31-12-13-35-18-20(31)2/h6-9,14-16,20,28H,4-5,10-13,17-18H2,1-3H3/t20-/m0/s1. The Morgan fingerprint density at radius 1 is 1.11 bits per heavy atom. The molecule has 1 atom stereocenters. The number of hydrogen-bond acceptors (Lipinski definition) is 5. The maximum Gasteiger partial charge on any atom is 0.243 e. The quantitative estimate of drug-likeness (QED) is 0.548. The van der Waals surface area contributed by atoms with Crippen LogP contribution in [-0.4, -0.2) is 81.0 Å². The Morgan fingerprint density at radius 2 is 1.89 bits per heavy atom. The fourth-order valence-electron chi connectivity index (χ4n) is 5.16. The van der Waals surface area contributed by atoms with Gasteiger partial charge in [0.05, 0.1) is 30.7 Å². The highest BCUT2D eigenvalue weighted by Crippen LogP contribution is 2.36. The van der Waals surface area contributed by atoms with Crippen molar-refractivity contribution >= 4 is 32.5 Å². The van der Waals surface area contributed by atoms with Gasteiger partial charge in [-0.15, -0.1) is 0 Å². The lowest BCUT2D eigenvalue weighted by molar-refractivity contribution is -0.139. The van der Waals surface area contributed by atoms with Crippen LogP contribution in [0.15, 0.2) is 47.4 Å². The Balaban J connectivity index is 1.49. The highest BCUT2D eigenvalue weighted by Gasteiger charge is 2.30. The van der Waals surface area contributed by atoms with Crippen LogP contribution in [0.3, 0.4) is 0 Å². The summed E-state index contributed by atoms with van der Waals surface area (Å²) in [5.41, 5.74) is 4.94. The molecule has 0 bridgehead atoms. The molecule has 2 aliphatic heterocycles. The predicted octanol–water partition coefficient (Wildman–Crippen LogP) is 3.61. The second-order valence-electron chi connectivity index (χ2n) is 9.92. The van der Waals surface area contributed by atoms with Gasteiger partial charge >= 0.3 is 0 Å². The molecule has 8 nitrogen and oxygen atoms in total. The number of hydrogen-bond donors (Lipinski definition) is 1. The Bertz CT molecular complexity index is 1380. The number of carbonyl (C=O) groups excluding carboxylic acids is 1. The summed E-state index contributed by atoms with van der Waals surface area (Å²) in [6, 6.07) is 13.6. The van der Waals surface area contributed by atoms with Crippen LogP contribution in [0.4, 0.5) is 5.69 Å². The number of rotatable bonds is 6. The van der Waals surface area contributed by atoms with Crippen molar-refractivity contribution in [2.75, 3.05) is 51.3 Å². The maximum atomic E-state index is 13.6. The van der Waals surface area contributed by atoms with Gasteiger partial charge in [0.2, 0.25) is 15.9 Å². The molecule has 2 aromatic carbocycles. The molecule has 3 heterocycles. The molecule has 192 valence electrons. The second-order valence-corrected chi connectivity index (χ2v) is 12.0. The Kier molecular flexibility index (Phi) is 6.80. The minimum Gasteiger partial charge on any atom is -0.377 e. The number of aromatic amines is 1. The smallest absolute Gasteiger partial charge is 0.243 e. The molecule has 36 heavy (non-hydrogen) atoms. The van der Waals surface area contributed by atoms with Gasteiger partial charge in [-0.25, -0.2) is 8.42 Å². The van der Waals surface area contributed by atoms with Gasteiger partial charge in [0.25, 0.3) is 0 Å². The molecule has 2 aliphatic rings. The first kappa shape index (κ1) is 24.8. The molecular weight excluding hydrogens is 476 g/mol. The van der Waals surface area contributed by atoms with E-state index in [2.05, 4.69) is 41.1 Å². The molecule has 3 aromatic rings. The van der Waals surface area contributed by atoms with Crippen LogP contribution in [-0.2, 0) is 19.6 Å². The fourth-order valence-corrected chi connectivity index (χ4v) is 6.30. The zero-order valence-corrected chi connectivity index (χ0v) is 22.0. The Morgan fingerprint density at radius 3 is 2.64 bits per heavy atom. The molecular formula is C27H34N4O4S. The molecule has 0 spiro atoms. The number of nitrogens with one attached hydrogen (secondary N) is 1. The van der Waals surface area contributed by atoms with Crippen LogP contribution in [0.5, 0.6) is 0 Å². The monoisotopic (exact) mass is 510 g/mol. The minimum absolute atomic E-state index is 0.0700. The molecule has 1 amide bonds. The van der Waals surface area contributed by atoms with E-state index in [-0.39, 0.29) is 23.4 Å². The number of morpholine rings is 1. The average Bonchev–Trinajstić information content (AvgIpc) is 3.53. The van der Waals surface area contributed by atoms with E-state index in [0.29, 0.717) is 19.8 Å². The largest absolute Gasteiger partial charge is 0.377 e. The lowest BCUT2D eigenvalue weighted by Crippen LogP contribution is -2.50. The SMILES string of the molecule is Cc1ccc2cc(-c3cc(S(=O)(=O)N(C)CC(=O)N4CCOC[C@@H]4C)ccc3N3CCCC3)[nH]c2c1. The number of fused-ring (bicyclic) bond motifs is 1. The van der Waals surface area contributed by atoms with E-state index in [9.17, 15) is 13.2 Å². The molecule has 0 saturated carbocycles. The van der Waals surface area contributed by atoms with Crippen molar-refractivity contribution < 1.29 is 17.9 Å². The van der Waals surface area contributed by atoms with Crippen molar-refractivity contribution in [1.29, 1.82) is 0 Å². The van der Waals surface area contributed by atoms with Crippen molar-refractivity contribution in [3.8, 4) is 11.3 Å². The van der Waals surface area contributed by atoms with Gasteiger partial charge in [0, 0.05) is 54.5 Å². The predicted molar refractivity (Wildman–Crippen MR) is 142 cm³/mol. The van der Waals surface area contributed by atoms with Gasteiger partial charge in [-0.05, 0) is 62.6 Å². The summed E-state index contributed by atoms with van der Waals surface area (Å²) in [4.78, 5) is 20.6. The number of sulfonamides is 1. The molecule has 2 saturated heterocycles. The van der Waals surface area contributed by atoms with Crippen molar-refractivity contribution in [1.82, 2.24) is 14.2 Å². The average molecular weight is 511 g/mol. The van der Waals surface area contributed by atoms with E-state index in [1.54, 1.807) is 17.0 Å². The van der Waals surface area contributed by atoms with Gasteiger partial charge in [0.1, 0.15) is 0 Å². The summed E-state index contributed by atoms with van der Waals surface area (Å²) >= 11 is 0. The number of H-pyrrole nitrogens is 1. The van der Waals surface area contributed by atoms with Crippen LogP contribution >= 0.6 is 0 Å². The first-order valence-electron chi connectivity index (χ1n) is 12.6. The topological polar surface area (TPSA) is 85.9 Å². The molecule has 0 radical (unpaired) electrons. The number of carbonyl (C=O) groups is 1. The highest BCUT2D eigenvalue weighted by atomic mass is 32.2.